The van der Waals surface area contributed by atoms with Crippen LogP contribution in [0.2, 0.25) is 0 Å². The van der Waals surface area contributed by atoms with E-state index in [1.807, 2.05) is 20.8 Å². The maximum atomic E-state index is 13.4. The van der Waals surface area contributed by atoms with Gasteiger partial charge in [0, 0.05) is 36.0 Å². The number of hydrogen-bond donors (Lipinski definition) is 3. The van der Waals surface area contributed by atoms with Crippen LogP contribution in [0.25, 0.3) is 0 Å². The van der Waals surface area contributed by atoms with Crippen molar-refractivity contribution in [1.82, 2.24) is 20.3 Å². The Labute approximate surface area is 199 Å². The van der Waals surface area contributed by atoms with E-state index in [1.54, 1.807) is 12.3 Å². The molecule has 0 saturated heterocycles. The SMILES string of the molecule is CC(C)(C)OC(=O)N[C@H]1CCC[C@@H](C#Cc2cnc(Nc3ccnc(F)c3)nc2NC2CC2)C1. The lowest BCUT2D eigenvalue weighted by Crippen LogP contribution is -2.41. The van der Waals surface area contributed by atoms with E-state index in [4.69, 9.17) is 4.74 Å². The van der Waals surface area contributed by atoms with E-state index in [2.05, 4.69) is 42.7 Å². The number of halogens is 1. The molecule has 0 spiro atoms. The van der Waals surface area contributed by atoms with Gasteiger partial charge in [-0.15, -0.1) is 0 Å². The van der Waals surface area contributed by atoms with E-state index in [9.17, 15) is 9.18 Å². The molecule has 2 saturated carbocycles. The molecule has 0 radical (unpaired) electrons. The second-order valence-electron chi connectivity index (χ2n) is 9.84. The van der Waals surface area contributed by atoms with E-state index >= 15 is 0 Å². The third-order valence-electron chi connectivity index (χ3n) is 5.50. The minimum atomic E-state index is -0.573. The summed E-state index contributed by atoms with van der Waals surface area (Å²) in [5, 5.41) is 9.40. The highest BCUT2D eigenvalue weighted by atomic mass is 19.1. The monoisotopic (exact) mass is 466 g/mol. The van der Waals surface area contributed by atoms with Crippen molar-refractivity contribution < 1.29 is 13.9 Å². The van der Waals surface area contributed by atoms with Crippen LogP contribution in [0.3, 0.4) is 0 Å². The fourth-order valence-corrected chi connectivity index (χ4v) is 3.78. The third kappa shape index (κ3) is 7.30. The molecule has 2 fully saturated rings. The third-order valence-corrected chi connectivity index (χ3v) is 5.50. The summed E-state index contributed by atoms with van der Waals surface area (Å²) in [5.74, 6) is 7.23. The van der Waals surface area contributed by atoms with Gasteiger partial charge in [-0.2, -0.15) is 9.37 Å². The molecule has 9 heteroatoms. The van der Waals surface area contributed by atoms with Gasteiger partial charge in [-0.25, -0.2) is 14.8 Å². The minimum absolute atomic E-state index is 0.0514. The van der Waals surface area contributed by atoms with Crippen LogP contribution in [0.1, 0.15) is 64.9 Å². The van der Waals surface area contributed by atoms with Crippen molar-refractivity contribution in [3.05, 3.63) is 36.0 Å². The average Bonchev–Trinajstić information content (AvgIpc) is 3.56. The first-order valence-electron chi connectivity index (χ1n) is 11.8. The highest BCUT2D eigenvalue weighted by molar-refractivity contribution is 5.68. The molecule has 0 bridgehead atoms. The van der Waals surface area contributed by atoms with Gasteiger partial charge in [0.05, 0.1) is 11.8 Å². The topological polar surface area (TPSA) is 101 Å². The Balaban J connectivity index is 1.43. The number of ether oxygens (including phenoxy) is 1. The fourth-order valence-electron chi connectivity index (χ4n) is 3.78. The molecule has 2 aliphatic carbocycles. The maximum absolute atomic E-state index is 13.4. The van der Waals surface area contributed by atoms with Gasteiger partial charge in [0.25, 0.3) is 0 Å². The summed E-state index contributed by atoms with van der Waals surface area (Å²) in [6.45, 7) is 5.56. The molecular weight excluding hydrogens is 435 g/mol. The lowest BCUT2D eigenvalue weighted by atomic mass is 9.86. The largest absolute Gasteiger partial charge is 0.444 e. The second kappa shape index (κ2) is 10.2. The zero-order chi connectivity index (χ0) is 24.1. The quantitative estimate of drug-likeness (QED) is 0.431. The summed E-state index contributed by atoms with van der Waals surface area (Å²) in [7, 11) is 0. The summed E-state index contributed by atoms with van der Waals surface area (Å²) in [5.41, 5.74) is 0.727. The summed E-state index contributed by atoms with van der Waals surface area (Å²) in [6.07, 6.45) is 8.56. The molecule has 3 N–H and O–H groups in total. The zero-order valence-electron chi connectivity index (χ0n) is 19.8. The van der Waals surface area contributed by atoms with Crippen LogP contribution in [-0.4, -0.2) is 38.7 Å². The number of pyridine rings is 1. The number of rotatable bonds is 5. The van der Waals surface area contributed by atoms with Crippen LogP contribution in [0.4, 0.5) is 26.6 Å². The van der Waals surface area contributed by atoms with Crippen molar-refractivity contribution in [3.63, 3.8) is 0 Å². The van der Waals surface area contributed by atoms with Crippen molar-refractivity contribution in [2.24, 2.45) is 5.92 Å². The Morgan fingerprint density at radius 3 is 2.74 bits per heavy atom. The van der Waals surface area contributed by atoms with Gasteiger partial charge in [-0.1, -0.05) is 18.3 Å². The summed E-state index contributed by atoms with van der Waals surface area (Å²) < 4.78 is 18.8. The first-order chi connectivity index (χ1) is 16.2. The summed E-state index contributed by atoms with van der Waals surface area (Å²) in [4.78, 5) is 24.6. The van der Waals surface area contributed by atoms with Gasteiger partial charge in [0.1, 0.15) is 11.4 Å². The van der Waals surface area contributed by atoms with Crippen molar-refractivity contribution in [2.75, 3.05) is 10.6 Å². The van der Waals surface area contributed by atoms with Crippen molar-refractivity contribution in [3.8, 4) is 11.8 Å². The van der Waals surface area contributed by atoms with Gasteiger partial charge in [-0.05, 0) is 58.9 Å². The maximum Gasteiger partial charge on any atom is 0.407 e. The van der Waals surface area contributed by atoms with Crippen molar-refractivity contribution in [1.29, 1.82) is 0 Å². The molecule has 2 aromatic rings. The minimum Gasteiger partial charge on any atom is -0.444 e. The molecule has 8 nitrogen and oxygen atoms in total. The van der Waals surface area contributed by atoms with Crippen LogP contribution >= 0.6 is 0 Å². The Morgan fingerprint density at radius 2 is 2.00 bits per heavy atom. The van der Waals surface area contributed by atoms with Gasteiger partial charge in [0.2, 0.25) is 11.9 Å². The number of carbonyl (C=O) groups is 1. The molecule has 2 heterocycles. The Kier molecular flexibility index (Phi) is 7.15. The van der Waals surface area contributed by atoms with Crippen LogP contribution in [-0.2, 0) is 4.74 Å². The predicted molar refractivity (Wildman–Crippen MR) is 128 cm³/mol. The summed E-state index contributed by atoms with van der Waals surface area (Å²) in [6, 6.07) is 3.38. The van der Waals surface area contributed by atoms with E-state index in [1.165, 1.54) is 12.3 Å². The van der Waals surface area contributed by atoms with Crippen LogP contribution in [0.5, 0.6) is 0 Å². The molecule has 34 heavy (non-hydrogen) atoms. The molecule has 0 aromatic carbocycles. The molecular formula is C25H31FN6O2. The van der Waals surface area contributed by atoms with Gasteiger partial charge < -0.3 is 20.7 Å². The lowest BCUT2D eigenvalue weighted by molar-refractivity contribution is 0.0489. The zero-order valence-corrected chi connectivity index (χ0v) is 19.8. The molecule has 1 amide bonds. The van der Waals surface area contributed by atoms with E-state index in [-0.39, 0.29) is 18.1 Å². The van der Waals surface area contributed by atoms with Crippen LogP contribution < -0.4 is 16.0 Å². The van der Waals surface area contributed by atoms with Crippen molar-refractivity contribution >= 4 is 23.5 Å². The highest BCUT2D eigenvalue weighted by Gasteiger charge is 2.25. The fraction of sp³-hybridized carbons (Fsp3) is 0.520. The average molecular weight is 467 g/mol. The van der Waals surface area contributed by atoms with Gasteiger partial charge >= 0.3 is 6.09 Å². The Bertz CT molecular complexity index is 1090. The molecule has 0 aliphatic heterocycles. The number of amides is 1. The molecule has 2 atom stereocenters. The summed E-state index contributed by atoms with van der Waals surface area (Å²) >= 11 is 0. The van der Waals surface area contributed by atoms with Gasteiger partial charge in [0.15, 0.2) is 0 Å². The van der Waals surface area contributed by atoms with Crippen LogP contribution in [0.15, 0.2) is 24.5 Å². The highest BCUT2D eigenvalue weighted by Crippen LogP contribution is 2.27. The van der Waals surface area contributed by atoms with Crippen LogP contribution in [0, 0.1) is 23.7 Å². The van der Waals surface area contributed by atoms with E-state index in [0.717, 1.165) is 44.1 Å². The Morgan fingerprint density at radius 1 is 1.18 bits per heavy atom. The first-order valence-corrected chi connectivity index (χ1v) is 11.8. The van der Waals surface area contributed by atoms with Crippen molar-refractivity contribution in [2.45, 2.75) is 77.0 Å². The Hall–Kier alpha value is -3.41. The number of nitrogens with zero attached hydrogens (tertiary/aromatic N) is 3. The predicted octanol–water partition coefficient (Wildman–Crippen LogP) is 4.76. The number of nitrogens with one attached hydrogen (secondary N) is 3. The normalized spacial score (nSPS) is 20.0. The standard InChI is InChI=1S/C25H31FN6O2/c1-25(2,3)34-24(33)31-19-6-4-5-16(13-19)7-8-17-15-28-23(32-22(17)29-18-9-10-18)30-20-11-12-27-21(26)14-20/h11-12,14-16,18-19H,4-6,9-10,13H2,1-3H3,(H,31,33)(H2,27,28,29,30,32)/t16-,19-/m0/s1. The molecule has 2 aliphatic rings. The number of hydrogen-bond acceptors (Lipinski definition) is 7. The first kappa shape index (κ1) is 23.7. The van der Waals surface area contributed by atoms with E-state index < -0.39 is 11.5 Å². The molecule has 180 valence electrons. The lowest BCUT2D eigenvalue weighted by Gasteiger charge is -2.28. The van der Waals surface area contributed by atoms with Gasteiger partial charge in [-0.3, -0.25) is 0 Å². The molecule has 0 unspecified atom stereocenters. The molecule has 4 rings (SSSR count). The number of aromatic nitrogens is 3. The second-order valence-corrected chi connectivity index (χ2v) is 9.84. The number of carbonyl (C=O) groups excluding carboxylic acids is 1. The molecule has 2 aromatic heterocycles. The number of alkyl carbamates (subject to hydrolysis) is 1. The smallest absolute Gasteiger partial charge is 0.407 e. The van der Waals surface area contributed by atoms with E-state index in [0.29, 0.717) is 23.5 Å². The number of anilines is 3.